The lowest BCUT2D eigenvalue weighted by Crippen LogP contribution is -2.31. The van der Waals surface area contributed by atoms with E-state index in [0.29, 0.717) is 65.8 Å². The van der Waals surface area contributed by atoms with Crippen molar-refractivity contribution in [1.82, 2.24) is 9.80 Å². The Kier molecular flexibility index (Phi) is 21.6. The van der Waals surface area contributed by atoms with Crippen LogP contribution in [0.25, 0.3) is 0 Å². The number of rotatable bonds is 22. The molecule has 9 heteroatoms. The van der Waals surface area contributed by atoms with Gasteiger partial charge in [0.15, 0.2) is 0 Å². The molecule has 4 N–H and O–H groups in total. The molecule has 0 spiro atoms. The molecule has 0 aromatic heterocycles. The molecule has 164 valence electrons. The van der Waals surface area contributed by atoms with E-state index in [1.807, 2.05) is 9.80 Å². The van der Waals surface area contributed by atoms with Crippen LogP contribution in [0, 0.1) is 0 Å². The van der Waals surface area contributed by atoms with Gasteiger partial charge in [-0.2, -0.15) is 0 Å². The zero-order valence-electron chi connectivity index (χ0n) is 16.6. The van der Waals surface area contributed by atoms with Crippen LogP contribution in [0.5, 0.6) is 0 Å². The van der Waals surface area contributed by atoms with Crippen molar-refractivity contribution in [3.63, 3.8) is 0 Å². The lowest BCUT2D eigenvalue weighted by atomic mass is 10.4. The first kappa shape index (κ1) is 26.6. The molecule has 0 saturated heterocycles. The average Bonchev–Trinajstić information content (AvgIpc) is 2.66. The van der Waals surface area contributed by atoms with Crippen molar-refractivity contribution in [3.05, 3.63) is 0 Å². The highest BCUT2D eigenvalue weighted by Crippen LogP contribution is 1.93. The Hall–Kier alpha value is -0.360. The number of hydrogen-bond acceptors (Lipinski definition) is 9. The van der Waals surface area contributed by atoms with Crippen LogP contribution in [-0.2, 0) is 14.2 Å². The van der Waals surface area contributed by atoms with Gasteiger partial charge in [-0.1, -0.05) is 0 Å². The maximum Gasteiger partial charge on any atom is 0.0701 e. The van der Waals surface area contributed by atoms with E-state index in [2.05, 4.69) is 0 Å². The molecule has 0 aromatic rings. The molecule has 0 rings (SSSR count). The van der Waals surface area contributed by atoms with Crippen LogP contribution in [0.4, 0.5) is 0 Å². The molecule has 0 bridgehead atoms. The summed E-state index contributed by atoms with van der Waals surface area (Å²) in [5, 5.41) is 35.7. The van der Waals surface area contributed by atoms with Crippen molar-refractivity contribution in [1.29, 1.82) is 0 Å². The van der Waals surface area contributed by atoms with Gasteiger partial charge in [-0.25, -0.2) is 0 Å². The Balaban J connectivity index is 3.31. The van der Waals surface area contributed by atoms with E-state index in [9.17, 15) is 0 Å². The van der Waals surface area contributed by atoms with Crippen LogP contribution in [-0.4, -0.2) is 136 Å². The van der Waals surface area contributed by atoms with E-state index in [-0.39, 0.29) is 26.4 Å². The molecule has 0 amide bonds. The Labute approximate surface area is 163 Å². The summed E-state index contributed by atoms with van der Waals surface area (Å²) in [5.74, 6) is 0. The van der Waals surface area contributed by atoms with Gasteiger partial charge in [0, 0.05) is 52.5 Å². The SMILES string of the molecule is OCCN(CCO)CCCOCCOCCOCCCN(CCO)CCO. The van der Waals surface area contributed by atoms with Crippen LogP contribution < -0.4 is 0 Å². The zero-order valence-corrected chi connectivity index (χ0v) is 16.6. The molecule has 0 atom stereocenters. The van der Waals surface area contributed by atoms with E-state index in [1.165, 1.54) is 0 Å². The molecule has 0 fully saturated rings. The number of hydrogen-bond donors (Lipinski definition) is 4. The number of aliphatic hydroxyl groups is 4. The Morgan fingerprint density at radius 3 is 1.00 bits per heavy atom. The van der Waals surface area contributed by atoms with Gasteiger partial charge in [-0.05, 0) is 12.8 Å². The lowest BCUT2D eigenvalue weighted by molar-refractivity contribution is 0.0109. The fourth-order valence-electron chi connectivity index (χ4n) is 2.56. The largest absolute Gasteiger partial charge is 0.395 e. The molecule has 0 aliphatic carbocycles. The molecule has 27 heavy (non-hydrogen) atoms. The third-order valence-electron chi connectivity index (χ3n) is 3.93. The molecule has 0 saturated carbocycles. The minimum Gasteiger partial charge on any atom is -0.395 e. The highest BCUT2D eigenvalue weighted by molar-refractivity contribution is 4.57. The quantitative estimate of drug-likeness (QED) is 0.160. The van der Waals surface area contributed by atoms with Gasteiger partial charge in [0.05, 0.1) is 52.9 Å². The van der Waals surface area contributed by atoms with E-state index >= 15 is 0 Å². The van der Waals surface area contributed by atoms with Crippen molar-refractivity contribution in [2.75, 3.05) is 105 Å². The van der Waals surface area contributed by atoms with E-state index in [4.69, 9.17) is 34.6 Å². The van der Waals surface area contributed by atoms with Crippen LogP contribution in [0.1, 0.15) is 12.8 Å². The topological polar surface area (TPSA) is 115 Å². The fraction of sp³-hybridized carbons (Fsp3) is 1.00. The molecule has 0 aromatic carbocycles. The minimum atomic E-state index is 0.0976. The summed E-state index contributed by atoms with van der Waals surface area (Å²) in [6.07, 6.45) is 1.71. The first-order valence-corrected chi connectivity index (χ1v) is 9.89. The smallest absolute Gasteiger partial charge is 0.0701 e. The van der Waals surface area contributed by atoms with Crippen molar-refractivity contribution >= 4 is 0 Å². The summed E-state index contributed by atoms with van der Waals surface area (Å²) in [5.41, 5.74) is 0. The van der Waals surface area contributed by atoms with E-state index < -0.39 is 0 Å². The summed E-state index contributed by atoms with van der Waals surface area (Å²) < 4.78 is 16.4. The van der Waals surface area contributed by atoms with Crippen LogP contribution in [0.3, 0.4) is 0 Å². The highest BCUT2D eigenvalue weighted by Gasteiger charge is 2.03. The van der Waals surface area contributed by atoms with E-state index in [1.54, 1.807) is 0 Å². The summed E-state index contributed by atoms with van der Waals surface area (Å²) >= 11 is 0. The minimum absolute atomic E-state index is 0.0976. The third kappa shape index (κ3) is 18.8. The molecule has 9 nitrogen and oxygen atoms in total. The predicted octanol–water partition coefficient (Wildman–Crippen LogP) is -1.61. The van der Waals surface area contributed by atoms with Crippen LogP contribution in [0.15, 0.2) is 0 Å². The average molecular weight is 397 g/mol. The van der Waals surface area contributed by atoms with Crippen LogP contribution in [0.2, 0.25) is 0 Å². The van der Waals surface area contributed by atoms with Gasteiger partial charge in [0.25, 0.3) is 0 Å². The second-order valence-electron chi connectivity index (χ2n) is 6.12. The molecule has 0 aliphatic heterocycles. The molecule has 0 aliphatic rings. The predicted molar refractivity (Wildman–Crippen MR) is 103 cm³/mol. The summed E-state index contributed by atoms with van der Waals surface area (Å²) in [6.45, 7) is 7.67. The summed E-state index contributed by atoms with van der Waals surface area (Å²) in [6, 6.07) is 0. The maximum atomic E-state index is 8.92. The standard InChI is InChI=1S/C18H40N2O7/c21-9-5-19(6-10-22)3-1-13-25-15-17-27-18-16-26-14-2-4-20(7-11-23)8-12-24/h21-24H,1-18H2. The van der Waals surface area contributed by atoms with Gasteiger partial charge in [0.1, 0.15) is 0 Å². The molecule has 0 heterocycles. The zero-order chi connectivity index (χ0) is 20.0. The second kappa shape index (κ2) is 21.9. The van der Waals surface area contributed by atoms with Gasteiger partial charge >= 0.3 is 0 Å². The number of aliphatic hydroxyl groups excluding tert-OH is 4. The Bertz CT molecular complexity index is 250. The second-order valence-corrected chi connectivity index (χ2v) is 6.12. The van der Waals surface area contributed by atoms with Gasteiger partial charge in [0.2, 0.25) is 0 Å². The first-order chi connectivity index (χ1) is 13.3. The monoisotopic (exact) mass is 396 g/mol. The number of nitrogens with zero attached hydrogens (tertiary/aromatic N) is 2. The Morgan fingerprint density at radius 1 is 0.407 bits per heavy atom. The lowest BCUT2D eigenvalue weighted by Gasteiger charge is -2.19. The van der Waals surface area contributed by atoms with Crippen molar-refractivity contribution < 1.29 is 34.6 Å². The van der Waals surface area contributed by atoms with Crippen molar-refractivity contribution in [3.8, 4) is 0 Å². The molecular formula is C18H40N2O7. The molecule has 0 radical (unpaired) electrons. The summed E-state index contributed by atoms with van der Waals surface area (Å²) in [7, 11) is 0. The van der Waals surface area contributed by atoms with E-state index in [0.717, 1.165) is 25.9 Å². The van der Waals surface area contributed by atoms with Gasteiger partial charge in [-0.15, -0.1) is 0 Å². The maximum absolute atomic E-state index is 8.92. The fourth-order valence-corrected chi connectivity index (χ4v) is 2.56. The molecular weight excluding hydrogens is 356 g/mol. The normalized spacial score (nSPS) is 11.8. The third-order valence-corrected chi connectivity index (χ3v) is 3.93. The van der Waals surface area contributed by atoms with Crippen molar-refractivity contribution in [2.45, 2.75) is 12.8 Å². The Morgan fingerprint density at radius 2 is 0.704 bits per heavy atom. The summed E-state index contributed by atoms with van der Waals surface area (Å²) in [4.78, 5) is 4.01. The van der Waals surface area contributed by atoms with Crippen molar-refractivity contribution in [2.24, 2.45) is 0 Å². The van der Waals surface area contributed by atoms with Gasteiger partial charge in [-0.3, -0.25) is 9.80 Å². The van der Waals surface area contributed by atoms with Gasteiger partial charge < -0.3 is 34.6 Å². The number of ether oxygens (including phenoxy) is 3. The highest BCUT2D eigenvalue weighted by atomic mass is 16.5. The molecule has 0 unspecified atom stereocenters. The first-order valence-electron chi connectivity index (χ1n) is 9.89. The van der Waals surface area contributed by atoms with Crippen LogP contribution >= 0.6 is 0 Å².